The van der Waals surface area contributed by atoms with Gasteiger partial charge in [-0.3, -0.25) is 14.6 Å². The number of esters is 1. The average Bonchev–Trinajstić information content (AvgIpc) is 3.15. The molecule has 0 saturated carbocycles. The van der Waals surface area contributed by atoms with Gasteiger partial charge in [0.05, 0.1) is 23.8 Å². The number of fused-ring (bicyclic) bond motifs is 3. The minimum atomic E-state index is -0.800. The van der Waals surface area contributed by atoms with Crippen LogP contribution >= 0.6 is 11.3 Å². The van der Waals surface area contributed by atoms with Crippen LogP contribution in [-0.2, 0) is 27.2 Å². The summed E-state index contributed by atoms with van der Waals surface area (Å²) in [5.74, 6) is -2.46. The summed E-state index contributed by atoms with van der Waals surface area (Å²) >= 11 is 1.33. The van der Waals surface area contributed by atoms with Crippen LogP contribution in [0.5, 0.6) is 0 Å². The van der Waals surface area contributed by atoms with E-state index in [4.69, 9.17) is 4.74 Å². The Hall–Kier alpha value is -2.61. The second-order valence-electron chi connectivity index (χ2n) is 6.80. The van der Waals surface area contributed by atoms with E-state index in [0.717, 1.165) is 10.4 Å². The highest BCUT2D eigenvalue weighted by Gasteiger charge is 2.38. The quantitative estimate of drug-likeness (QED) is 0.797. The van der Waals surface area contributed by atoms with Crippen LogP contribution < -0.4 is 5.32 Å². The van der Waals surface area contributed by atoms with Gasteiger partial charge in [0.1, 0.15) is 22.7 Å². The largest absolute Gasteiger partial charge is 0.466 e. The molecule has 0 fully saturated rings. The van der Waals surface area contributed by atoms with Crippen molar-refractivity contribution in [3.8, 4) is 0 Å². The SMILES string of the molecule is CCOC(=O)C1Cc2sc3c(c2C1)C(c1c(F)cccc1F)=N[C@@H](C)C(=O)N3. The van der Waals surface area contributed by atoms with Gasteiger partial charge in [0.15, 0.2) is 0 Å². The first-order valence-electron chi connectivity index (χ1n) is 9.05. The lowest BCUT2D eigenvalue weighted by molar-refractivity contribution is -0.147. The summed E-state index contributed by atoms with van der Waals surface area (Å²) in [5, 5.41) is 3.33. The van der Waals surface area contributed by atoms with Crippen molar-refractivity contribution in [3.05, 3.63) is 51.4 Å². The molecule has 1 aliphatic carbocycles. The Bertz CT molecular complexity index is 995. The highest BCUT2D eigenvalue weighted by atomic mass is 32.1. The predicted octanol–water partition coefficient (Wildman–Crippen LogP) is 3.48. The number of aliphatic imine (C=N–C) groups is 1. The van der Waals surface area contributed by atoms with Gasteiger partial charge in [-0.15, -0.1) is 11.3 Å². The van der Waals surface area contributed by atoms with Gasteiger partial charge >= 0.3 is 5.97 Å². The van der Waals surface area contributed by atoms with Crippen LogP contribution in [0.3, 0.4) is 0 Å². The van der Waals surface area contributed by atoms with Crippen molar-refractivity contribution in [2.45, 2.75) is 32.7 Å². The maximum absolute atomic E-state index is 14.6. The Labute approximate surface area is 164 Å². The molecule has 1 aromatic heterocycles. The number of carbonyl (C=O) groups is 2. The maximum Gasteiger partial charge on any atom is 0.309 e. The van der Waals surface area contributed by atoms with Crippen molar-refractivity contribution in [2.24, 2.45) is 10.9 Å². The zero-order valence-electron chi connectivity index (χ0n) is 15.3. The zero-order valence-corrected chi connectivity index (χ0v) is 16.2. The standard InChI is InChI=1S/C20H18F2N2O3S/c1-3-27-20(26)10-7-11-14(8-10)28-19-15(11)17(23-9(2)18(25)24-19)16-12(21)5-4-6-13(16)22/h4-6,9-10H,3,7-8H2,1-2H3,(H,24,25)/t9-,10?/m0/s1. The van der Waals surface area contributed by atoms with Crippen LogP contribution in [0.15, 0.2) is 23.2 Å². The Kier molecular flexibility index (Phi) is 4.74. The molecule has 0 spiro atoms. The molecule has 2 aromatic rings. The molecule has 8 heteroatoms. The number of benzene rings is 1. The molecule has 0 saturated heterocycles. The fourth-order valence-electron chi connectivity index (χ4n) is 3.65. The van der Waals surface area contributed by atoms with Crippen molar-refractivity contribution >= 4 is 33.9 Å². The molecule has 1 unspecified atom stereocenters. The highest BCUT2D eigenvalue weighted by molar-refractivity contribution is 7.17. The number of ether oxygens (including phenoxy) is 1. The first-order valence-corrected chi connectivity index (χ1v) is 9.86. The van der Waals surface area contributed by atoms with Crippen LogP contribution in [0.4, 0.5) is 13.8 Å². The summed E-state index contributed by atoms with van der Waals surface area (Å²) < 4.78 is 34.2. The third kappa shape index (κ3) is 3.01. The van der Waals surface area contributed by atoms with E-state index in [0.29, 0.717) is 30.0 Å². The molecule has 2 atom stereocenters. The first-order chi connectivity index (χ1) is 13.4. The van der Waals surface area contributed by atoms with Crippen LogP contribution in [-0.4, -0.2) is 30.2 Å². The molecule has 4 rings (SSSR count). The van der Waals surface area contributed by atoms with E-state index in [9.17, 15) is 18.4 Å². The summed E-state index contributed by atoms with van der Waals surface area (Å²) in [7, 11) is 0. The van der Waals surface area contributed by atoms with Crippen molar-refractivity contribution in [1.29, 1.82) is 0 Å². The normalized spacial score (nSPS) is 20.7. The lowest BCUT2D eigenvalue weighted by Crippen LogP contribution is -2.22. The molecule has 1 aliphatic heterocycles. The summed E-state index contributed by atoms with van der Waals surface area (Å²) in [6.45, 7) is 3.62. The topological polar surface area (TPSA) is 67.8 Å². The highest BCUT2D eigenvalue weighted by Crippen LogP contribution is 2.44. The van der Waals surface area contributed by atoms with Crippen molar-refractivity contribution in [2.75, 3.05) is 11.9 Å². The Balaban J connectivity index is 1.86. The summed E-state index contributed by atoms with van der Waals surface area (Å²) in [4.78, 5) is 29.8. The number of rotatable bonds is 3. The van der Waals surface area contributed by atoms with E-state index in [1.54, 1.807) is 13.8 Å². The van der Waals surface area contributed by atoms with Crippen molar-refractivity contribution in [1.82, 2.24) is 0 Å². The van der Waals surface area contributed by atoms with Gasteiger partial charge in [0.25, 0.3) is 0 Å². The lowest BCUT2D eigenvalue weighted by atomic mass is 9.97. The number of carbonyl (C=O) groups excluding carboxylic acids is 2. The van der Waals surface area contributed by atoms with E-state index in [-0.39, 0.29) is 29.1 Å². The van der Waals surface area contributed by atoms with E-state index < -0.39 is 17.7 Å². The van der Waals surface area contributed by atoms with Crippen LogP contribution in [0.1, 0.15) is 35.4 Å². The molecule has 1 aromatic carbocycles. The van der Waals surface area contributed by atoms with Crippen LogP contribution in [0.25, 0.3) is 0 Å². The Morgan fingerprint density at radius 1 is 1.29 bits per heavy atom. The summed E-state index contributed by atoms with van der Waals surface area (Å²) in [6.07, 6.45) is 0.865. The van der Waals surface area contributed by atoms with Gasteiger partial charge in [-0.2, -0.15) is 0 Å². The number of anilines is 1. The maximum atomic E-state index is 14.6. The fourth-order valence-corrected chi connectivity index (χ4v) is 4.96. The van der Waals surface area contributed by atoms with E-state index in [1.807, 2.05) is 0 Å². The Morgan fingerprint density at radius 3 is 2.68 bits per heavy atom. The minimum absolute atomic E-state index is 0.110. The smallest absolute Gasteiger partial charge is 0.309 e. The first kappa shape index (κ1) is 18.7. The van der Waals surface area contributed by atoms with Gasteiger partial charge in [-0.05, 0) is 44.4 Å². The molecule has 2 heterocycles. The van der Waals surface area contributed by atoms with Gasteiger partial charge < -0.3 is 10.1 Å². The number of nitrogens with zero attached hydrogens (tertiary/aromatic N) is 1. The van der Waals surface area contributed by atoms with Gasteiger partial charge in [-0.1, -0.05) is 6.07 Å². The second-order valence-corrected chi connectivity index (χ2v) is 7.91. The number of thiophene rings is 1. The van der Waals surface area contributed by atoms with E-state index in [2.05, 4.69) is 10.3 Å². The van der Waals surface area contributed by atoms with Gasteiger partial charge in [0, 0.05) is 10.4 Å². The average molecular weight is 404 g/mol. The number of nitrogens with one attached hydrogen (secondary N) is 1. The third-order valence-corrected chi connectivity index (χ3v) is 6.14. The lowest BCUT2D eigenvalue weighted by Gasteiger charge is -2.12. The molecule has 5 nitrogen and oxygen atoms in total. The molecule has 146 valence electrons. The predicted molar refractivity (Wildman–Crippen MR) is 102 cm³/mol. The molecule has 0 radical (unpaired) electrons. The summed E-state index contributed by atoms with van der Waals surface area (Å²) in [6, 6.07) is 2.82. The molecule has 2 aliphatic rings. The minimum Gasteiger partial charge on any atom is -0.466 e. The molecule has 1 amide bonds. The molecular weight excluding hydrogens is 386 g/mol. The molecule has 1 N–H and O–H groups in total. The molecule has 28 heavy (non-hydrogen) atoms. The number of halogens is 2. The van der Waals surface area contributed by atoms with Crippen LogP contribution in [0, 0.1) is 17.6 Å². The van der Waals surface area contributed by atoms with E-state index in [1.165, 1.54) is 29.5 Å². The van der Waals surface area contributed by atoms with Gasteiger partial charge in [0.2, 0.25) is 5.91 Å². The third-order valence-electron chi connectivity index (χ3n) is 4.97. The summed E-state index contributed by atoms with van der Waals surface area (Å²) in [5.41, 5.74) is 1.16. The Morgan fingerprint density at radius 2 is 2.00 bits per heavy atom. The number of hydrogen-bond acceptors (Lipinski definition) is 5. The monoisotopic (exact) mass is 404 g/mol. The van der Waals surface area contributed by atoms with Gasteiger partial charge in [-0.25, -0.2) is 8.78 Å². The fraction of sp³-hybridized carbons (Fsp3) is 0.350. The van der Waals surface area contributed by atoms with Crippen LogP contribution in [0.2, 0.25) is 0 Å². The number of amides is 1. The molecular formula is C20H18F2N2O3S. The van der Waals surface area contributed by atoms with Crippen molar-refractivity contribution < 1.29 is 23.1 Å². The molecule has 0 bridgehead atoms. The van der Waals surface area contributed by atoms with Crippen molar-refractivity contribution in [3.63, 3.8) is 0 Å². The second kappa shape index (κ2) is 7.09. The van der Waals surface area contributed by atoms with E-state index >= 15 is 0 Å². The number of hydrogen-bond donors (Lipinski definition) is 1. The zero-order chi connectivity index (χ0) is 20.0.